The van der Waals surface area contributed by atoms with Crippen molar-refractivity contribution in [1.29, 1.82) is 0 Å². The first-order valence-corrected chi connectivity index (χ1v) is 12.1. The lowest BCUT2D eigenvalue weighted by Gasteiger charge is -2.28. The van der Waals surface area contributed by atoms with Gasteiger partial charge in [0.1, 0.15) is 5.75 Å². The third kappa shape index (κ3) is 5.43. The highest BCUT2D eigenvalue weighted by molar-refractivity contribution is 8.00. The van der Waals surface area contributed by atoms with Gasteiger partial charge in [0.25, 0.3) is 0 Å². The Morgan fingerprint density at radius 3 is 2.65 bits per heavy atom. The number of allylic oxidation sites excluding steroid dienone is 1. The number of nitrogens with one attached hydrogen (secondary N) is 1. The number of hydrogen-bond acceptors (Lipinski definition) is 7. The van der Waals surface area contributed by atoms with Gasteiger partial charge in [0, 0.05) is 31.0 Å². The molecule has 34 heavy (non-hydrogen) atoms. The molecule has 1 aliphatic rings. The largest absolute Gasteiger partial charge is 0.496 e. The number of para-hydroxylation sites is 1. The Morgan fingerprint density at radius 2 is 1.94 bits per heavy atom. The van der Waals surface area contributed by atoms with E-state index in [4.69, 9.17) is 9.47 Å². The molecule has 0 radical (unpaired) electrons. The van der Waals surface area contributed by atoms with Gasteiger partial charge in [0.15, 0.2) is 11.0 Å². The molecule has 1 aliphatic heterocycles. The molecule has 1 fully saturated rings. The van der Waals surface area contributed by atoms with Crippen molar-refractivity contribution in [2.45, 2.75) is 23.9 Å². The number of methoxy groups -OCH3 is 1. The second-order valence-electron chi connectivity index (χ2n) is 7.80. The molecule has 8 nitrogen and oxygen atoms in total. The van der Waals surface area contributed by atoms with Crippen molar-refractivity contribution in [2.24, 2.45) is 0 Å². The van der Waals surface area contributed by atoms with Crippen molar-refractivity contribution in [1.82, 2.24) is 14.8 Å². The summed E-state index contributed by atoms with van der Waals surface area (Å²) in [4.78, 5) is 15.2. The smallest absolute Gasteiger partial charge is 0.237 e. The fraction of sp³-hybridized carbons (Fsp3) is 0.320. The minimum atomic E-state index is -0.378. The van der Waals surface area contributed by atoms with Crippen LogP contribution in [-0.4, -0.2) is 59.3 Å². The highest BCUT2D eigenvalue weighted by Gasteiger charge is 2.22. The SMILES string of the molecule is C=CCn1c(S[C@H](C)C(=O)Nc2ccc(N3CCOCC3)cc2)nnc1-c1ccccc1OC. The number of hydrogen-bond donors (Lipinski definition) is 1. The molecular weight excluding hydrogens is 450 g/mol. The van der Waals surface area contributed by atoms with E-state index in [1.165, 1.54) is 11.8 Å². The lowest BCUT2D eigenvalue weighted by Crippen LogP contribution is -2.36. The molecule has 1 aromatic heterocycles. The highest BCUT2D eigenvalue weighted by Crippen LogP contribution is 2.32. The van der Waals surface area contributed by atoms with E-state index in [1.54, 1.807) is 13.2 Å². The van der Waals surface area contributed by atoms with Gasteiger partial charge in [-0.05, 0) is 43.3 Å². The predicted molar refractivity (Wildman–Crippen MR) is 136 cm³/mol. The van der Waals surface area contributed by atoms with E-state index in [0.717, 1.165) is 43.2 Å². The van der Waals surface area contributed by atoms with E-state index >= 15 is 0 Å². The first kappa shape index (κ1) is 23.8. The van der Waals surface area contributed by atoms with Crippen LogP contribution < -0.4 is 15.0 Å². The standard InChI is InChI=1S/C25H29N5O3S/c1-4-13-30-23(21-7-5-6-8-22(21)32-3)27-28-25(30)34-18(2)24(31)26-19-9-11-20(12-10-19)29-14-16-33-17-15-29/h4-12,18H,1,13-17H2,2-3H3,(H,26,31)/t18-/m1/s1. The molecule has 0 bridgehead atoms. The number of carbonyl (C=O) groups is 1. The zero-order valence-electron chi connectivity index (χ0n) is 19.4. The molecular formula is C25H29N5O3S. The van der Waals surface area contributed by atoms with E-state index in [0.29, 0.717) is 23.3 Å². The average Bonchev–Trinajstić information content (AvgIpc) is 3.27. The normalized spacial score (nSPS) is 14.5. The summed E-state index contributed by atoms with van der Waals surface area (Å²) in [6.07, 6.45) is 1.78. The Kier molecular flexibility index (Phi) is 7.87. The molecule has 2 heterocycles. The summed E-state index contributed by atoms with van der Waals surface area (Å²) in [6.45, 7) is 9.46. The number of benzene rings is 2. The van der Waals surface area contributed by atoms with Crippen LogP contribution in [0.2, 0.25) is 0 Å². The maximum Gasteiger partial charge on any atom is 0.237 e. The quantitative estimate of drug-likeness (QED) is 0.366. The summed E-state index contributed by atoms with van der Waals surface area (Å²) in [6, 6.07) is 15.6. The van der Waals surface area contributed by atoms with Crippen molar-refractivity contribution in [2.75, 3.05) is 43.6 Å². The Bertz CT molecular complexity index is 1130. The fourth-order valence-electron chi connectivity index (χ4n) is 3.73. The Hall–Kier alpha value is -3.30. The van der Waals surface area contributed by atoms with Gasteiger partial charge < -0.3 is 19.7 Å². The summed E-state index contributed by atoms with van der Waals surface area (Å²) in [5.41, 5.74) is 2.73. The number of ether oxygens (including phenoxy) is 2. The zero-order chi connectivity index (χ0) is 23.9. The predicted octanol–water partition coefficient (Wildman–Crippen LogP) is 4.10. The molecule has 1 N–H and O–H groups in total. The summed E-state index contributed by atoms with van der Waals surface area (Å²) < 4.78 is 12.8. The molecule has 4 rings (SSSR count). The lowest BCUT2D eigenvalue weighted by molar-refractivity contribution is -0.115. The first-order valence-electron chi connectivity index (χ1n) is 11.2. The molecule has 1 amide bonds. The van der Waals surface area contributed by atoms with Crippen molar-refractivity contribution in [3.8, 4) is 17.1 Å². The average molecular weight is 480 g/mol. The molecule has 0 saturated carbocycles. The van der Waals surface area contributed by atoms with Crippen LogP contribution in [0.25, 0.3) is 11.4 Å². The van der Waals surface area contributed by atoms with Gasteiger partial charge in [-0.15, -0.1) is 16.8 Å². The summed E-state index contributed by atoms with van der Waals surface area (Å²) >= 11 is 1.36. The maximum absolute atomic E-state index is 12.9. The third-order valence-electron chi connectivity index (χ3n) is 5.54. The highest BCUT2D eigenvalue weighted by atomic mass is 32.2. The first-order chi connectivity index (χ1) is 16.6. The number of carbonyl (C=O) groups excluding carboxylic acids is 1. The van der Waals surface area contributed by atoms with Crippen LogP contribution in [0.3, 0.4) is 0 Å². The van der Waals surface area contributed by atoms with Gasteiger partial charge in [-0.2, -0.15) is 0 Å². The second kappa shape index (κ2) is 11.2. The lowest BCUT2D eigenvalue weighted by atomic mass is 10.2. The molecule has 3 aromatic rings. The van der Waals surface area contributed by atoms with E-state index < -0.39 is 0 Å². The summed E-state index contributed by atoms with van der Waals surface area (Å²) in [7, 11) is 1.63. The van der Waals surface area contributed by atoms with Gasteiger partial charge in [-0.3, -0.25) is 9.36 Å². The van der Waals surface area contributed by atoms with Crippen LogP contribution in [0, 0.1) is 0 Å². The topological polar surface area (TPSA) is 81.5 Å². The number of nitrogens with zero attached hydrogens (tertiary/aromatic N) is 4. The Balaban J connectivity index is 1.44. The Morgan fingerprint density at radius 1 is 1.21 bits per heavy atom. The maximum atomic E-state index is 12.9. The van der Waals surface area contributed by atoms with Crippen LogP contribution in [0.4, 0.5) is 11.4 Å². The summed E-state index contributed by atoms with van der Waals surface area (Å²) in [5.74, 6) is 1.28. The van der Waals surface area contributed by atoms with Gasteiger partial charge in [-0.25, -0.2) is 0 Å². The number of rotatable bonds is 9. The van der Waals surface area contributed by atoms with Gasteiger partial charge >= 0.3 is 0 Å². The van der Waals surface area contributed by atoms with E-state index in [-0.39, 0.29) is 11.2 Å². The van der Waals surface area contributed by atoms with E-state index in [1.807, 2.05) is 60.0 Å². The molecule has 0 unspecified atom stereocenters. The number of amides is 1. The Labute approximate surface area is 204 Å². The molecule has 9 heteroatoms. The zero-order valence-corrected chi connectivity index (χ0v) is 20.3. The van der Waals surface area contributed by atoms with Crippen LogP contribution in [-0.2, 0) is 16.1 Å². The van der Waals surface area contributed by atoms with E-state index in [2.05, 4.69) is 27.0 Å². The van der Waals surface area contributed by atoms with E-state index in [9.17, 15) is 4.79 Å². The molecule has 0 aliphatic carbocycles. The van der Waals surface area contributed by atoms with Crippen molar-refractivity contribution in [3.63, 3.8) is 0 Å². The molecule has 1 saturated heterocycles. The number of anilines is 2. The molecule has 178 valence electrons. The molecule has 2 aromatic carbocycles. The van der Waals surface area contributed by atoms with Gasteiger partial charge in [0.2, 0.25) is 5.91 Å². The van der Waals surface area contributed by atoms with Crippen LogP contribution in [0.5, 0.6) is 5.75 Å². The molecule has 0 spiro atoms. The third-order valence-corrected chi connectivity index (χ3v) is 6.62. The van der Waals surface area contributed by atoms with Crippen LogP contribution >= 0.6 is 11.8 Å². The van der Waals surface area contributed by atoms with Crippen LogP contribution in [0.1, 0.15) is 6.92 Å². The number of thioether (sulfide) groups is 1. The monoisotopic (exact) mass is 479 g/mol. The van der Waals surface area contributed by atoms with Crippen molar-refractivity contribution in [3.05, 3.63) is 61.2 Å². The molecule has 1 atom stereocenters. The summed E-state index contributed by atoms with van der Waals surface area (Å²) in [5, 5.41) is 12.0. The minimum Gasteiger partial charge on any atom is -0.496 e. The number of morpholine rings is 1. The van der Waals surface area contributed by atoms with Crippen molar-refractivity contribution < 1.29 is 14.3 Å². The van der Waals surface area contributed by atoms with Gasteiger partial charge in [0.05, 0.1) is 31.1 Å². The van der Waals surface area contributed by atoms with Crippen molar-refractivity contribution >= 4 is 29.0 Å². The fourth-order valence-corrected chi connectivity index (χ4v) is 4.59. The second-order valence-corrected chi connectivity index (χ2v) is 9.11. The van der Waals surface area contributed by atoms with Gasteiger partial charge in [-0.1, -0.05) is 30.0 Å². The number of aromatic nitrogens is 3. The minimum absolute atomic E-state index is 0.101. The van der Waals surface area contributed by atoms with Crippen LogP contribution in [0.15, 0.2) is 66.3 Å².